The van der Waals surface area contributed by atoms with Crippen LogP contribution in [0.25, 0.3) is 0 Å². The van der Waals surface area contributed by atoms with Crippen LogP contribution >= 0.6 is 38.6 Å². The van der Waals surface area contributed by atoms with E-state index in [-0.39, 0.29) is 5.78 Å². The monoisotopic (exact) mass is 355 g/mol. The second-order valence-electron chi connectivity index (χ2n) is 4.72. The van der Waals surface area contributed by atoms with Gasteiger partial charge in [0.1, 0.15) is 0 Å². The average molecular weight is 356 g/mol. The molecule has 0 amide bonds. The van der Waals surface area contributed by atoms with Crippen molar-refractivity contribution in [1.82, 2.24) is 4.90 Å². The van der Waals surface area contributed by atoms with Crippen LogP contribution in [0.15, 0.2) is 27.4 Å². The molecule has 0 fully saturated rings. The molecule has 100 valence electrons. The summed E-state index contributed by atoms with van der Waals surface area (Å²) in [6.07, 6.45) is 1.07. The van der Waals surface area contributed by atoms with Gasteiger partial charge in [-0.15, -0.1) is 22.7 Å². The number of ketones is 1. The second-order valence-corrected chi connectivity index (χ2v) is 7.49. The number of hydrogen-bond acceptors (Lipinski definition) is 4. The van der Waals surface area contributed by atoms with Crippen LogP contribution < -0.4 is 0 Å². The lowest BCUT2D eigenvalue weighted by atomic mass is 10.0. The minimum absolute atomic E-state index is 0.215. The minimum atomic E-state index is 0.215. The zero-order valence-corrected chi connectivity index (χ0v) is 13.8. The molecule has 0 saturated carbocycles. The van der Waals surface area contributed by atoms with Crippen molar-refractivity contribution in [2.24, 2.45) is 0 Å². The van der Waals surface area contributed by atoms with Crippen molar-refractivity contribution in [3.05, 3.63) is 42.7 Å². The maximum atomic E-state index is 12.3. The third-order valence-corrected chi connectivity index (χ3v) is 6.50. The molecule has 0 radical (unpaired) electrons. The van der Waals surface area contributed by atoms with Gasteiger partial charge in [0, 0.05) is 21.9 Å². The Morgan fingerprint density at radius 1 is 1.42 bits per heavy atom. The fourth-order valence-corrected chi connectivity index (χ4v) is 5.01. The van der Waals surface area contributed by atoms with Gasteiger partial charge in [-0.3, -0.25) is 9.69 Å². The first-order valence-corrected chi connectivity index (χ1v) is 8.78. The van der Waals surface area contributed by atoms with Crippen molar-refractivity contribution in [3.63, 3.8) is 0 Å². The Balaban J connectivity index is 1.75. The number of carbonyl (C=O) groups excluding carboxylic acids is 1. The van der Waals surface area contributed by atoms with E-state index in [0.717, 1.165) is 22.3 Å². The summed E-state index contributed by atoms with van der Waals surface area (Å²) in [5, 5.41) is 4.11. The Hall–Kier alpha value is -0.490. The van der Waals surface area contributed by atoms with Gasteiger partial charge in [-0.2, -0.15) is 0 Å². The van der Waals surface area contributed by atoms with Crippen LogP contribution in [0.3, 0.4) is 0 Å². The van der Waals surface area contributed by atoms with Crippen molar-refractivity contribution in [2.45, 2.75) is 19.4 Å². The van der Waals surface area contributed by atoms with Gasteiger partial charge in [0.15, 0.2) is 5.78 Å². The lowest BCUT2D eigenvalue weighted by molar-refractivity contribution is 0.0895. The molecule has 0 aliphatic carbocycles. The van der Waals surface area contributed by atoms with E-state index in [9.17, 15) is 4.79 Å². The largest absolute Gasteiger partial charge is 0.292 e. The summed E-state index contributed by atoms with van der Waals surface area (Å²) in [5.41, 5.74) is 1.40. The molecule has 0 bridgehead atoms. The van der Waals surface area contributed by atoms with Gasteiger partial charge in [-0.05, 0) is 57.7 Å². The molecule has 0 saturated heterocycles. The summed E-state index contributed by atoms with van der Waals surface area (Å²) in [4.78, 5) is 16.9. The summed E-state index contributed by atoms with van der Waals surface area (Å²) < 4.78 is 0.920. The van der Waals surface area contributed by atoms with Crippen LogP contribution in [0.2, 0.25) is 0 Å². The number of carbonyl (C=O) groups is 1. The van der Waals surface area contributed by atoms with E-state index in [1.54, 1.807) is 0 Å². The first-order chi connectivity index (χ1) is 9.16. The highest BCUT2D eigenvalue weighted by molar-refractivity contribution is 9.10. The van der Waals surface area contributed by atoms with Gasteiger partial charge in [-0.25, -0.2) is 0 Å². The fraction of sp³-hybridized carbons (Fsp3) is 0.357. The van der Waals surface area contributed by atoms with Crippen molar-refractivity contribution in [3.8, 4) is 0 Å². The number of nitrogens with zero attached hydrogens (tertiary/aromatic N) is 1. The van der Waals surface area contributed by atoms with Gasteiger partial charge in [0.05, 0.1) is 11.4 Å². The van der Waals surface area contributed by atoms with E-state index in [2.05, 4.69) is 39.2 Å². The molecule has 1 aliphatic rings. The van der Waals surface area contributed by atoms with Crippen molar-refractivity contribution in [1.29, 1.82) is 0 Å². The summed E-state index contributed by atoms with van der Waals surface area (Å²) in [7, 11) is 0. The molecule has 1 aliphatic heterocycles. The topological polar surface area (TPSA) is 20.3 Å². The predicted octanol–water partition coefficient (Wildman–Crippen LogP) is 4.37. The highest BCUT2D eigenvalue weighted by atomic mass is 79.9. The molecular formula is C14H14BrNOS2. The maximum absolute atomic E-state index is 12.3. The molecule has 0 N–H and O–H groups in total. The second kappa shape index (κ2) is 5.48. The van der Waals surface area contributed by atoms with E-state index < -0.39 is 0 Å². The number of halogens is 1. The van der Waals surface area contributed by atoms with Gasteiger partial charge in [0.25, 0.3) is 0 Å². The lowest BCUT2D eigenvalue weighted by Crippen LogP contribution is -2.37. The zero-order valence-electron chi connectivity index (χ0n) is 10.6. The standard InChI is InChI=1S/C14H14BrNOS2/c1-9-10-3-6-18-13(10)2-5-16(9)8-12(17)14-11(15)4-7-19-14/h3-4,6-7,9H,2,5,8H2,1H3. The smallest absolute Gasteiger partial charge is 0.187 e. The molecule has 19 heavy (non-hydrogen) atoms. The van der Waals surface area contributed by atoms with E-state index in [1.165, 1.54) is 21.8 Å². The van der Waals surface area contributed by atoms with Crippen LogP contribution in [0, 0.1) is 0 Å². The molecule has 1 unspecified atom stereocenters. The Kier molecular flexibility index (Phi) is 3.89. The normalized spacial score (nSPS) is 19.4. The number of rotatable bonds is 3. The maximum Gasteiger partial charge on any atom is 0.187 e. The molecule has 0 spiro atoms. The molecule has 5 heteroatoms. The SMILES string of the molecule is CC1c2ccsc2CCN1CC(=O)c1sccc1Br. The highest BCUT2D eigenvalue weighted by Gasteiger charge is 2.27. The average Bonchev–Trinajstić information content (AvgIpc) is 3.01. The Labute approximate surface area is 129 Å². The van der Waals surface area contributed by atoms with E-state index in [1.807, 2.05) is 22.8 Å². The summed E-state index contributed by atoms with van der Waals surface area (Å²) in [6, 6.07) is 4.48. The van der Waals surface area contributed by atoms with Crippen LogP contribution in [0.5, 0.6) is 0 Å². The van der Waals surface area contributed by atoms with Gasteiger partial charge in [0.2, 0.25) is 0 Å². The minimum Gasteiger partial charge on any atom is -0.292 e. The van der Waals surface area contributed by atoms with Crippen LogP contribution in [-0.4, -0.2) is 23.8 Å². The zero-order chi connectivity index (χ0) is 13.4. The number of hydrogen-bond donors (Lipinski definition) is 0. The quantitative estimate of drug-likeness (QED) is 0.761. The predicted molar refractivity (Wildman–Crippen MR) is 84.4 cm³/mol. The molecule has 3 heterocycles. The van der Waals surface area contributed by atoms with E-state index >= 15 is 0 Å². The molecule has 0 aromatic carbocycles. The Morgan fingerprint density at radius 3 is 2.95 bits per heavy atom. The molecule has 3 rings (SSSR count). The molecular weight excluding hydrogens is 342 g/mol. The Bertz CT molecular complexity index is 604. The molecule has 1 atom stereocenters. The lowest BCUT2D eigenvalue weighted by Gasteiger charge is -2.32. The van der Waals surface area contributed by atoms with Gasteiger partial charge in [-0.1, -0.05) is 0 Å². The van der Waals surface area contributed by atoms with Gasteiger partial charge < -0.3 is 0 Å². The first-order valence-electron chi connectivity index (χ1n) is 6.23. The summed E-state index contributed by atoms with van der Waals surface area (Å²) in [6.45, 7) is 3.68. The van der Waals surface area contributed by atoms with Crippen molar-refractivity contribution in [2.75, 3.05) is 13.1 Å². The summed E-state index contributed by atoms with van der Waals surface area (Å²) in [5.74, 6) is 0.215. The number of fused-ring (bicyclic) bond motifs is 1. The van der Waals surface area contributed by atoms with E-state index in [4.69, 9.17) is 0 Å². The molecule has 2 aromatic rings. The number of Topliss-reactive ketones (excluding diaryl/α,β-unsaturated/α-hetero) is 1. The third kappa shape index (κ3) is 2.57. The van der Waals surface area contributed by atoms with Gasteiger partial charge >= 0.3 is 0 Å². The van der Waals surface area contributed by atoms with Crippen LogP contribution in [0.1, 0.15) is 33.1 Å². The fourth-order valence-electron chi connectivity index (χ4n) is 2.53. The summed E-state index contributed by atoms with van der Waals surface area (Å²) >= 11 is 6.79. The number of thiophene rings is 2. The first kappa shape index (κ1) is 13.5. The van der Waals surface area contributed by atoms with E-state index in [0.29, 0.717) is 12.6 Å². The Morgan fingerprint density at radius 2 is 2.21 bits per heavy atom. The van der Waals surface area contributed by atoms with Crippen molar-refractivity contribution >= 4 is 44.4 Å². The van der Waals surface area contributed by atoms with Crippen LogP contribution in [-0.2, 0) is 6.42 Å². The highest BCUT2D eigenvalue weighted by Crippen LogP contribution is 2.33. The third-order valence-electron chi connectivity index (χ3n) is 3.62. The van der Waals surface area contributed by atoms with Crippen LogP contribution in [0.4, 0.5) is 0 Å². The van der Waals surface area contributed by atoms with Crippen molar-refractivity contribution < 1.29 is 4.79 Å². The molecule has 2 nitrogen and oxygen atoms in total. The molecule has 2 aromatic heterocycles.